The first-order chi connectivity index (χ1) is 10.5. The summed E-state index contributed by atoms with van der Waals surface area (Å²) in [6, 6.07) is 8.91. The summed E-state index contributed by atoms with van der Waals surface area (Å²) in [5.41, 5.74) is 0.719. The number of aromatic nitrogens is 1. The molecule has 0 aliphatic heterocycles. The maximum Gasteiger partial charge on any atom is 0.235 e. The fraction of sp³-hybridized carbons (Fsp3) is 0.214. The Hall–Kier alpha value is -1.80. The molecule has 0 spiro atoms. The summed E-state index contributed by atoms with van der Waals surface area (Å²) in [5.74, 6) is 0.979. The van der Waals surface area contributed by atoms with Crippen molar-refractivity contribution in [2.24, 2.45) is 0 Å². The quantitative estimate of drug-likeness (QED) is 0.800. The number of carbonyl (C=O) groups excluding carboxylic acids is 2. The fourth-order valence-electron chi connectivity index (χ4n) is 1.57. The number of carbonyl (C=O) groups is 2. The van der Waals surface area contributed by atoms with Crippen molar-refractivity contribution in [3.05, 3.63) is 40.6 Å². The summed E-state index contributed by atoms with van der Waals surface area (Å²) in [5, 5.41) is 9.01. The number of hydrogen-bond donors (Lipinski definition) is 2. The maximum absolute atomic E-state index is 11.7. The molecule has 0 bridgehead atoms. The number of amides is 2. The van der Waals surface area contributed by atoms with E-state index >= 15 is 0 Å². The third-order valence-corrected chi connectivity index (χ3v) is 3.95. The molecule has 0 aliphatic rings. The summed E-state index contributed by atoms with van der Waals surface area (Å²) in [4.78, 5) is 23.4. The second kappa shape index (κ2) is 8.00. The van der Waals surface area contributed by atoms with Gasteiger partial charge in [0.2, 0.25) is 11.8 Å². The van der Waals surface area contributed by atoms with Crippen LogP contribution in [0.4, 0.5) is 11.5 Å². The van der Waals surface area contributed by atoms with Crippen LogP contribution in [0.1, 0.15) is 5.76 Å². The molecule has 8 heteroatoms. The lowest BCUT2D eigenvalue weighted by molar-refractivity contribution is -0.114. The predicted octanol–water partition coefficient (Wildman–Crippen LogP) is 3.06. The molecule has 0 saturated heterocycles. The average Bonchev–Trinajstić information content (AvgIpc) is 2.86. The van der Waals surface area contributed by atoms with Gasteiger partial charge in [-0.05, 0) is 31.2 Å². The van der Waals surface area contributed by atoms with Crippen molar-refractivity contribution in [3.63, 3.8) is 0 Å². The van der Waals surface area contributed by atoms with Crippen LogP contribution in [0.3, 0.4) is 0 Å². The van der Waals surface area contributed by atoms with Crippen LogP contribution in [-0.4, -0.2) is 28.5 Å². The molecule has 2 aromatic rings. The average molecular weight is 384 g/mol. The van der Waals surface area contributed by atoms with Crippen LogP contribution in [0.5, 0.6) is 0 Å². The van der Waals surface area contributed by atoms with Crippen LogP contribution in [0, 0.1) is 6.92 Å². The number of halogens is 1. The van der Waals surface area contributed by atoms with E-state index < -0.39 is 0 Å². The van der Waals surface area contributed by atoms with Gasteiger partial charge in [0, 0.05) is 16.2 Å². The molecule has 2 N–H and O–H groups in total. The van der Waals surface area contributed by atoms with Gasteiger partial charge in [0.05, 0.1) is 11.5 Å². The number of benzene rings is 1. The molecule has 6 nitrogen and oxygen atoms in total. The minimum absolute atomic E-state index is 0.155. The van der Waals surface area contributed by atoms with Gasteiger partial charge in [-0.3, -0.25) is 9.59 Å². The molecule has 116 valence electrons. The Balaban J connectivity index is 1.68. The van der Waals surface area contributed by atoms with Gasteiger partial charge in [-0.1, -0.05) is 21.1 Å². The van der Waals surface area contributed by atoms with Gasteiger partial charge in [-0.2, -0.15) is 0 Å². The molecule has 1 aromatic carbocycles. The number of anilines is 2. The first-order valence-corrected chi connectivity index (χ1v) is 8.34. The zero-order chi connectivity index (χ0) is 15.9. The van der Waals surface area contributed by atoms with Crippen LogP contribution in [0.2, 0.25) is 0 Å². The Morgan fingerprint density at radius 3 is 2.41 bits per heavy atom. The Labute approximate surface area is 140 Å². The van der Waals surface area contributed by atoms with Gasteiger partial charge >= 0.3 is 0 Å². The van der Waals surface area contributed by atoms with Gasteiger partial charge in [0.25, 0.3) is 0 Å². The summed E-state index contributed by atoms with van der Waals surface area (Å²) >= 11 is 4.55. The van der Waals surface area contributed by atoms with Crippen molar-refractivity contribution in [3.8, 4) is 0 Å². The highest BCUT2D eigenvalue weighted by Gasteiger charge is 2.08. The minimum atomic E-state index is -0.227. The number of nitrogens with one attached hydrogen (secondary N) is 2. The molecule has 2 amide bonds. The van der Waals surface area contributed by atoms with Crippen LogP contribution in [0.25, 0.3) is 0 Å². The third kappa shape index (κ3) is 5.53. The molecule has 1 aromatic heterocycles. The highest BCUT2D eigenvalue weighted by molar-refractivity contribution is 9.10. The molecular weight excluding hydrogens is 370 g/mol. The van der Waals surface area contributed by atoms with Crippen molar-refractivity contribution in [1.29, 1.82) is 0 Å². The second-order valence-electron chi connectivity index (χ2n) is 4.42. The first-order valence-electron chi connectivity index (χ1n) is 6.39. The van der Waals surface area contributed by atoms with Crippen molar-refractivity contribution in [2.75, 3.05) is 22.1 Å². The van der Waals surface area contributed by atoms with E-state index in [1.807, 2.05) is 12.1 Å². The smallest absolute Gasteiger partial charge is 0.235 e. The van der Waals surface area contributed by atoms with Crippen molar-refractivity contribution in [1.82, 2.24) is 5.16 Å². The van der Waals surface area contributed by atoms with E-state index in [9.17, 15) is 9.59 Å². The molecular formula is C14H14BrN3O3S. The second-order valence-corrected chi connectivity index (χ2v) is 6.32. The van der Waals surface area contributed by atoms with E-state index in [1.54, 1.807) is 25.1 Å². The SMILES string of the molecule is Cc1cc(NC(=O)CSCC(=O)Nc2ccc(Br)cc2)no1. The van der Waals surface area contributed by atoms with Gasteiger partial charge in [-0.15, -0.1) is 11.8 Å². The van der Waals surface area contributed by atoms with E-state index in [4.69, 9.17) is 4.52 Å². The van der Waals surface area contributed by atoms with Crippen molar-refractivity contribution >= 4 is 51.0 Å². The zero-order valence-corrected chi connectivity index (χ0v) is 14.2. The monoisotopic (exact) mass is 383 g/mol. The van der Waals surface area contributed by atoms with Crippen LogP contribution in [0.15, 0.2) is 39.3 Å². The fourth-order valence-corrected chi connectivity index (χ4v) is 2.45. The van der Waals surface area contributed by atoms with Crippen molar-refractivity contribution < 1.29 is 14.1 Å². The van der Waals surface area contributed by atoms with Crippen LogP contribution < -0.4 is 10.6 Å². The molecule has 22 heavy (non-hydrogen) atoms. The van der Waals surface area contributed by atoms with Crippen LogP contribution in [-0.2, 0) is 9.59 Å². The summed E-state index contributed by atoms with van der Waals surface area (Å²) in [6.07, 6.45) is 0. The normalized spacial score (nSPS) is 10.3. The van der Waals surface area contributed by atoms with Crippen molar-refractivity contribution in [2.45, 2.75) is 6.92 Å². The minimum Gasteiger partial charge on any atom is -0.360 e. The van der Waals surface area contributed by atoms with E-state index in [1.165, 1.54) is 11.8 Å². The number of nitrogens with zero attached hydrogens (tertiary/aromatic N) is 1. The molecule has 0 atom stereocenters. The number of aryl methyl sites for hydroxylation is 1. The Bertz CT molecular complexity index is 658. The highest BCUT2D eigenvalue weighted by atomic mass is 79.9. The maximum atomic E-state index is 11.7. The first kappa shape index (κ1) is 16.6. The lowest BCUT2D eigenvalue weighted by atomic mass is 10.3. The van der Waals surface area contributed by atoms with E-state index in [0.29, 0.717) is 11.6 Å². The molecule has 2 rings (SSSR count). The number of hydrogen-bond acceptors (Lipinski definition) is 5. The topological polar surface area (TPSA) is 84.2 Å². The zero-order valence-electron chi connectivity index (χ0n) is 11.8. The lowest BCUT2D eigenvalue weighted by Crippen LogP contribution is -2.18. The summed E-state index contributed by atoms with van der Waals surface area (Å²) in [6.45, 7) is 1.74. The molecule has 0 fully saturated rings. The van der Waals surface area contributed by atoms with E-state index in [2.05, 4.69) is 31.7 Å². The van der Waals surface area contributed by atoms with Gasteiger partial charge in [0.15, 0.2) is 5.82 Å². The molecule has 0 saturated carbocycles. The van der Waals surface area contributed by atoms with Gasteiger partial charge < -0.3 is 15.2 Å². The van der Waals surface area contributed by atoms with E-state index in [-0.39, 0.29) is 23.3 Å². The predicted molar refractivity (Wildman–Crippen MR) is 90.0 cm³/mol. The molecule has 1 heterocycles. The number of rotatable bonds is 6. The Morgan fingerprint density at radius 2 is 1.82 bits per heavy atom. The largest absolute Gasteiger partial charge is 0.360 e. The molecule has 0 unspecified atom stereocenters. The van der Waals surface area contributed by atoms with E-state index in [0.717, 1.165) is 10.2 Å². The van der Waals surface area contributed by atoms with Crippen LogP contribution >= 0.6 is 27.7 Å². The van der Waals surface area contributed by atoms with Gasteiger partial charge in [-0.25, -0.2) is 0 Å². The lowest BCUT2D eigenvalue weighted by Gasteiger charge is -2.05. The standard InChI is InChI=1S/C14H14BrN3O3S/c1-9-6-12(18-21-9)17-14(20)8-22-7-13(19)16-11-4-2-10(15)3-5-11/h2-6H,7-8H2,1H3,(H,16,19)(H,17,18,20). The Kier molecular flexibility index (Phi) is 6.02. The summed E-state index contributed by atoms with van der Waals surface area (Å²) < 4.78 is 5.79. The summed E-state index contributed by atoms with van der Waals surface area (Å²) in [7, 11) is 0. The van der Waals surface area contributed by atoms with Gasteiger partial charge in [0.1, 0.15) is 5.76 Å². The highest BCUT2D eigenvalue weighted by Crippen LogP contribution is 2.14. The molecule has 0 aliphatic carbocycles. The molecule has 0 radical (unpaired) electrons. The number of thioether (sulfide) groups is 1. The Morgan fingerprint density at radius 1 is 1.18 bits per heavy atom. The third-order valence-electron chi connectivity index (χ3n) is 2.49.